The van der Waals surface area contributed by atoms with Crippen molar-refractivity contribution in [3.8, 4) is 5.75 Å². The van der Waals surface area contributed by atoms with Crippen molar-refractivity contribution in [2.24, 2.45) is 0 Å². The molecule has 160 valence electrons. The zero-order chi connectivity index (χ0) is 22.2. The summed E-state index contributed by atoms with van der Waals surface area (Å²) in [6.45, 7) is 8.45. The van der Waals surface area contributed by atoms with Crippen LogP contribution in [0.2, 0.25) is 0 Å². The van der Waals surface area contributed by atoms with Gasteiger partial charge < -0.3 is 10.1 Å². The third-order valence-corrected chi connectivity index (χ3v) is 6.69. The molecule has 2 aromatic rings. The molecular weight excluding hydrogens is 400 g/mol. The van der Waals surface area contributed by atoms with Crippen LogP contribution < -0.4 is 14.8 Å². The molecule has 0 fully saturated rings. The zero-order valence-corrected chi connectivity index (χ0v) is 19.0. The lowest BCUT2D eigenvalue weighted by molar-refractivity contribution is -0.110. The molecule has 0 aliphatic carbocycles. The molecule has 3 rings (SSSR count). The highest BCUT2D eigenvalue weighted by Crippen LogP contribution is 2.39. The topological polar surface area (TPSA) is 84.5 Å². The van der Waals surface area contributed by atoms with E-state index in [1.165, 1.54) is 19.2 Å². The third-order valence-electron chi connectivity index (χ3n) is 5.28. The van der Waals surface area contributed by atoms with E-state index in [1.807, 2.05) is 18.2 Å². The monoisotopic (exact) mass is 428 g/mol. The Morgan fingerprint density at radius 2 is 1.63 bits per heavy atom. The molecule has 0 unspecified atom stereocenters. The van der Waals surface area contributed by atoms with Crippen LogP contribution in [0, 0.1) is 0 Å². The van der Waals surface area contributed by atoms with Crippen LogP contribution in [0.4, 0.5) is 5.69 Å². The van der Waals surface area contributed by atoms with Crippen LogP contribution >= 0.6 is 0 Å². The van der Waals surface area contributed by atoms with E-state index in [1.54, 1.807) is 13.2 Å². The molecule has 1 aliphatic rings. The first-order valence-electron chi connectivity index (χ1n) is 9.91. The molecule has 0 saturated carbocycles. The standard InChI is InChI=1S/C23H28N2O4S/c1-13(2)18-9-15(10-19(14(3)4)22(18)29-6)11-20-17-8-7-16(30(27,28)24-5)12-21(17)25-23(20)26/h7-14,24H,1-6H3,(H,25,26)/b20-11+. The normalized spacial score (nSPS) is 15.1. The van der Waals surface area contributed by atoms with Crippen molar-refractivity contribution in [1.82, 2.24) is 4.72 Å². The highest BCUT2D eigenvalue weighted by molar-refractivity contribution is 7.89. The fourth-order valence-corrected chi connectivity index (χ4v) is 4.40. The quantitative estimate of drug-likeness (QED) is 0.670. The Morgan fingerprint density at radius 1 is 1.03 bits per heavy atom. The number of carbonyl (C=O) groups excluding carboxylic acids is 1. The first kappa shape index (κ1) is 22.1. The number of carbonyl (C=O) groups is 1. The van der Waals surface area contributed by atoms with E-state index >= 15 is 0 Å². The van der Waals surface area contributed by atoms with Gasteiger partial charge in [-0.1, -0.05) is 33.8 Å². The van der Waals surface area contributed by atoms with Crippen LogP contribution in [0.15, 0.2) is 35.2 Å². The molecule has 1 heterocycles. The largest absolute Gasteiger partial charge is 0.496 e. The minimum absolute atomic E-state index is 0.110. The number of nitrogens with one attached hydrogen (secondary N) is 2. The smallest absolute Gasteiger partial charge is 0.256 e. The molecule has 0 saturated heterocycles. The summed E-state index contributed by atoms with van der Waals surface area (Å²) in [7, 11) is -0.547. The molecule has 1 aliphatic heterocycles. The van der Waals surface area contributed by atoms with Crippen molar-refractivity contribution >= 4 is 33.3 Å². The van der Waals surface area contributed by atoms with Crippen molar-refractivity contribution < 1.29 is 17.9 Å². The second kappa shape index (κ2) is 8.24. The van der Waals surface area contributed by atoms with Gasteiger partial charge in [-0.3, -0.25) is 4.79 Å². The number of benzene rings is 2. The Kier molecular flexibility index (Phi) is 6.06. The van der Waals surface area contributed by atoms with Crippen LogP contribution in [-0.2, 0) is 14.8 Å². The van der Waals surface area contributed by atoms with Gasteiger partial charge in [0.05, 0.1) is 17.7 Å². The van der Waals surface area contributed by atoms with Crippen LogP contribution in [0.1, 0.15) is 61.8 Å². The van der Waals surface area contributed by atoms with E-state index < -0.39 is 10.0 Å². The summed E-state index contributed by atoms with van der Waals surface area (Å²) in [5.41, 5.74) is 4.77. The number of methoxy groups -OCH3 is 1. The lowest BCUT2D eigenvalue weighted by Gasteiger charge is -2.19. The predicted molar refractivity (Wildman–Crippen MR) is 120 cm³/mol. The molecule has 0 radical (unpaired) electrons. The fourth-order valence-electron chi connectivity index (χ4n) is 3.64. The number of hydrogen-bond acceptors (Lipinski definition) is 4. The van der Waals surface area contributed by atoms with Gasteiger partial charge in [-0.05, 0) is 65.9 Å². The Hall–Kier alpha value is -2.64. The van der Waals surface area contributed by atoms with Gasteiger partial charge in [0.2, 0.25) is 10.0 Å². The van der Waals surface area contributed by atoms with Crippen molar-refractivity contribution in [1.29, 1.82) is 0 Å². The van der Waals surface area contributed by atoms with Gasteiger partial charge in [-0.2, -0.15) is 0 Å². The number of ether oxygens (including phenoxy) is 1. The Labute approximate surface area is 178 Å². The molecule has 0 bridgehead atoms. The van der Waals surface area contributed by atoms with Crippen molar-refractivity contribution in [2.45, 2.75) is 44.4 Å². The average Bonchev–Trinajstić information content (AvgIpc) is 3.01. The van der Waals surface area contributed by atoms with E-state index in [2.05, 4.69) is 37.7 Å². The fraction of sp³-hybridized carbons (Fsp3) is 0.348. The number of rotatable bonds is 6. The van der Waals surface area contributed by atoms with E-state index in [-0.39, 0.29) is 22.6 Å². The van der Waals surface area contributed by atoms with Gasteiger partial charge in [0, 0.05) is 11.1 Å². The Morgan fingerprint density at radius 3 is 2.13 bits per heavy atom. The molecule has 0 aromatic heterocycles. The molecule has 6 nitrogen and oxygen atoms in total. The number of sulfonamides is 1. The van der Waals surface area contributed by atoms with E-state index in [0.717, 1.165) is 22.4 Å². The minimum atomic E-state index is -3.59. The van der Waals surface area contributed by atoms with Gasteiger partial charge in [0.1, 0.15) is 5.75 Å². The summed E-state index contributed by atoms with van der Waals surface area (Å²) in [4.78, 5) is 12.8. The molecule has 2 N–H and O–H groups in total. The lowest BCUT2D eigenvalue weighted by Crippen LogP contribution is -2.18. The summed E-state index contributed by atoms with van der Waals surface area (Å²) in [6, 6.07) is 8.75. The highest BCUT2D eigenvalue weighted by Gasteiger charge is 2.26. The molecule has 1 amide bonds. The minimum Gasteiger partial charge on any atom is -0.496 e. The summed E-state index contributed by atoms with van der Waals surface area (Å²) in [5.74, 6) is 1.15. The lowest BCUT2D eigenvalue weighted by atomic mass is 9.90. The van der Waals surface area contributed by atoms with Crippen LogP contribution in [0.3, 0.4) is 0 Å². The van der Waals surface area contributed by atoms with Gasteiger partial charge >= 0.3 is 0 Å². The number of amides is 1. The first-order valence-corrected chi connectivity index (χ1v) is 11.4. The Balaban J connectivity index is 2.14. The molecule has 0 spiro atoms. The molecular formula is C23H28N2O4S. The van der Waals surface area contributed by atoms with Crippen LogP contribution in [-0.4, -0.2) is 28.5 Å². The number of hydrogen-bond donors (Lipinski definition) is 2. The van der Waals surface area contributed by atoms with Crippen LogP contribution in [0.5, 0.6) is 5.75 Å². The maximum atomic E-state index is 12.7. The predicted octanol–water partition coefficient (Wildman–Crippen LogP) is 4.34. The molecule has 2 aromatic carbocycles. The van der Waals surface area contributed by atoms with E-state index in [4.69, 9.17) is 4.74 Å². The maximum absolute atomic E-state index is 12.7. The van der Waals surface area contributed by atoms with Crippen molar-refractivity contribution in [3.63, 3.8) is 0 Å². The van der Waals surface area contributed by atoms with Gasteiger partial charge in [-0.25, -0.2) is 13.1 Å². The number of fused-ring (bicyclic) bond motifs is 1. The molecule has 7 heteroatoms. The molecule has 0 atom stereocenters. The summed E-state index contributed by atoms with van der Waals surface area (Å²) in [5, 5.41) is 2.78. The summed E-state index contributed by atoms with van der Waals surface area (Å²) in [6.07, 6.45) is 1.85. The highest BCUT2D eigenvalue weighted by atomic mass is 32.2. The second-order valence-electron chi connectivity index (χ2n) is 7.97. The van der Waals surface area contributed by atoms with Gasteiger partial charge in [0.15, 0.2) is 0 Å². The Bertz CT molecular complexity index is 1100. The second-order valence-corrected chi connectivity index (χ2v) is 9.86. The van der Waals surface area contributed by atoms with E-state index in [0.29, 0.717) is 16.8 Å². The maximum Gasteiger partial charge on any atom is 0.256 e. The molecule has 30 heavy (non-hydrogen) atoms. The van der Waals surface area contributed by atoms with Crippen LogP contribution in [0.25, 0.3) is 11.6 Å². The zero-order valence-electron chi connectivity index (χ0n) is 18.2. The number of anilines is 1. The summed E-state index contributed by atoms with van der Waals surface area (Å²) < 4.78 is 32.1. The van der Waals surface area contributed by atoms with E-state index in [9.17, 15) is 13.2 Å². The van der Waals surface area contributed by atoms with Crippen molar-refractivity contribution in [3.05, 3.63) is 52.6 Å². The van der Waals surface area contributed by atoms with Crippen molar-refractivity contribution in [2.75, 3.05) is 19.5 Å². The SMILES string of the molecule is CNS(=O)(=O)c1ccc2c(c1)NC(=O)/C2=C/c1cc(C(C)C)c(OC)c(C(C)C)c1. The van der Waals surface area contributed by atoms with Gasteiger partial charge in [-0.15, -0.1) is 0 Å². The average molecular weight is 429 g/mol. The first-order chi connectivity index (χ1) is 14.1. The third kappa shape index (κ3) is 4.00. The van der Waals surface area contributed by atoms with Gasteiger partial charge in [0.25, 0.3) is 5.91 Å². The summed E-state index contributed by atoms with van der Waals surface area (Å²) >= 11 is 0.